The molecule has 0 aliphatic carbocycles. The van der Waals surface area contributed by atoms with E-state index in [1.165, 1.54) is 0 Å². The van der Waals surface area contributed by atoms with Gasteiger partial charge < -0.3 is 14.6 Å². The Bertz CT molecular complexity index is 501. The molecule has 1 N–H and O–H groups in total. The van der Waals surface area contributed by atoms with Crippen LogP contribution in [0.4, 0.5) is 0 Å². The van der Waals surface area contributed by atoms with E-state index in [-0.39, 0.29) is 0 Å². The molecular formula is C16H23NO4. The molecule has 1 atom stereocenters. The Morgan fingerprint density at radius 3 is 2.57 bits per heavy atom. The fraction of sp³-hybridized carbons (Fsp3) is 0.562. The second-order valence-corrected chi connectivity index (χ2v) is 5.88. The van der Waals surface area contributed by atoms with Gasteiger partial charge in [0.2, 0.25) is 0 Å². The molecule has 5 nitrogen and oxygen atoms in total. The molecule has 0 bridgehead atoms. The molecule has 0 amide bonds. The van der Waals surface area contributed by atoms with Crippen molar-refractivity contribution < 1.29 is 19.4 Å². The van der Waals surface area contributed by atoms with Crippen LogP contribution in [-0.2, 0) is 11.3 Å². The predicted octanol–water partition coefficient (Wildman–Crippen LogP) is 2.39. The highest BCUT2D eigenvalue weighted by molar-refractivity contribution is 5.73. The maximum Gasteiger partial charge on any atom is 0.320 e. The lowest BCUT2D eigenvalue weighted by Crippen LogP contribution is -2.39. The first kappa shape index (κ1) is 15.6. The van der Waals surface area contributed by atoms with Gasteiger partial charge in [0, 0.05) is 6.54 Å². The van der Waals surface area contributed by atoms with E-state index in [1.807, 2.05) is 44.0 Å². The number of hydrogen-bond acceptors (Lipinski definition) is 4. The number of ether oxygens (including phenoxy) is 2. The Morgan fingerprint density at radius 2 is 1.95 bits per heavy atom. The van der Waals surface area contributed by atoms with Crippen LogP contribution in [0.25, 0.3) is 0 Å². The van der Waals surface area contributed by atoms with Crippen LogP contribution in [0.3, 0.4) is 0 Å². The van der Waals surface area contributed by atoms with Crippen LogP contribution in [0.15, 0.2) is 18.2 Å². The van der Waals surface area contributed by atoms with Gasteiger partial charge in [-0.25, -0.2) is 0 Å². The van der Waals surface area contributed by atoms with E-state index >= 15 is 0 Å². The summed E-state index contributed by atoms with van der Waals surface area (Å²) in [6.45, 7) is 5.77. The average molecular weight is 293 g/mol. The van der Waals surface area contributed by atoms with Gasteiger partial charge in [-0.2, -0.15) is 0 Å². The zero-order valence-electron chi connectivity index (χ0n) is 12.8. The maximum atomic E-state index is 11.4. The van der Waals surface area contributed by atoms with Crippen molar-refractivity contribution in [3.8, 4) is 11.5 Å². The van der Waals surface area contributed by atoms with Gasteiger partial charge in [-0.1, -0.05) is 19.9 Å². The van der Waals surface area contributed by atoms with E-state index in [9.17, 15) is 9.90 Å². The molecule has 0 spiro atoms. The Balaban J connectivity index is 2.07. The smallest absolute Gasteiger partial charge is 0.320 e. The number of hydrogen-bond donors (Lipinski definition) is 1. The number of carboxylic acids is 1. The third kappa shape index (κ3) is 4.11. The number of nitrogens with zero attached hydrogens (tertiary/aromatic N) is 1. The summed E-state index contributed by atoms with van der Waals surface area (Å²) in [5, 5.41) is 9.38. The van der Waals surface area contributed by atoms with Crippen molar-refractivity contribution in [1.82, 2.24) is 4.90 Å². The van der Waals surface area contributed by atoms with E-state index in [4.69, 9.17) is 9.47 Å². The number of likely N-dealkylation sites (N-methyl/N-ethyl adjacent to an activating group) is 1. The van der Waals surface area contributed by atoms with Crippen molar-refractivity contribution in [3.63, 3.8) is 0 Å². The van der Waals surface area contributed by atoms with Crippen LogP contribution in [0.2, 0.25) is 0 Å². The third-order valence-corrected chi connectivity index (χ3v) is 3.55. The molecule has 0 saturated carbocycles. The topological polar surface area (TPSA) is 59.0 Å². The molecule has 21 heavy (non-hydrogen) atoms. The van der Waals surface area contributed by atoms with Gasteiger partial charge in [0.05, 0.1) is 0 Å². The molecule has 1 aromatic carbocycles. The van der Waals surface area contributed by atoms with E-state index in [2.05, 4.69) is 0 Å². The molecule has 1 aromatic rings. The van der Waals surface area contributed by atoms with E-state index in [0.29, 0.717) is 32.1 Å². The summed E-state index contributed by atoms with van der Waals surface area (Å²) in [7, 11) is 1.85. The predicted molar refractivity (Wildman–Crippen MR) is 79.8 cm³/mol. The summed E-state index contributed by atoms with van der Waals surface area (Å²) < 4.78 is 11.0. The number of carbonyl (C=O) groups is 1. The monoisotopic (exact) mass is 293 g/mol. The van der Waals surface area contributed by atoms with Crippen molar-refractivity contribution >= 4 is 5.97 Å². The minimum atomic E-state index is -0.774. The molecule has 0 aromatic heterocycles. The Labute approximate surface area is 125 Å². The lowest BCUT2D eigenvalue weighted by atomic mass is 10.0. The van der Waals surface area contributed by atoms with Crippen molar-refractivity contribution in [2.24, 2.45) is 5.92 Å². The molecule has 0 saturated heterocycles. The molecule has 1 unspecified atom stereocenters. The standard InChI is InChI=1S/C16H23NO4/c1-11(2)8-13(16(18)19)17(3)10-12-4-5-14-15(9-12)21-7-6-20-14/h4-5,9,11,13H,6-8,10H2,1-3H3,(H,18,19). The van der Waals surface area contributed by atoms with Crippen LogP contribution >= 0.6 is 0 Å². The van der Waals surface area contributed by atoms with Gasteiger partial charge in [0.25, 0.3) is 0 Å². The number of aliphatic carboxylic acids is 1. The molecule has 0 fully saturated rings. The van der Waals surface area contributed by atoms with Crippen molar-refractivity contribution in [2.45, 2.75) is 32.9 Å². The summed E-state index contributed by atoms with van der Waals surface area (Å²) in [6, 6.07) is 5.30. The first-order chi connectivity index (χ1) is 9.97. The molecule has 2 rings (SSSR count). The Morgan fingerprint density at radius 1 is 1.29 bits per heavy atom. The normalized spacial score (nSPS) is 15.3. The third-order valence-electron chi connectivity index (χ3n) is 3.55. The van der Waals surface area contributed by atoms with Gasteiger partial charge in [0.15, 0.2) is 11.5 Å². The van der Waals surface area contributed by atoms with Crippen LogP contribution in [-0.4, -0.2) is 42.3 Å². The molecule has 1 aliphatic heterocycles. The minimum Gasteiger partial charge on any atom is -0.486 e. The van der Waals surface area contributed by atoms with Crippen molar-refractivity contribution in [1.29, 1.82) is 0 Å². The number of carboxylic acid groups (broad SMARTS) is 1. The minimum absolute atomic E-state index is 0.341. The van der Waals surface area contributed by atoms with Gasteiger partial charge in [-0.05, 0) is 37.1 Å². The van der Waals surface area contributed by atoms with E-state index < -0.39 is 12.0 Å². The maximum absolute atomic E-state index is 11.4. The summed E-state index contributed by atoms with van der Waals surface area (Å²) in [5.41, 5.74) is 1.02. The summed E-state index contributed by atoms with van der Waals surface area (Å²) >= 11 is 0. The number of rotatable bonds is 6. The average Bonchev–Trinajstić information content (AvgIpc) is 2.44. The molecule has 1 heterocycles. The van der Waals surface area contributed by atoms with Crippen molar-refractivity contribution in [3.05, 3.63) is 23.8 Å². The van der Waals surface area contributed by atoms with Crippen LogP contribution in [0.1, 0.15) is 25.8 Å². The van der Waals surface area contributed by atoms with Crippen LogP contribution in [0, 0.1) is 5.92 Å². The second kappa shape index (κ2) is 6.80. The highest BCUT2D eigenvalue weighted by atomic mass is 16.6. The molecule has 5 heteroatoms. The highest BCUT2D eigenvalue weighted by Gasteiger charge is 2.24. The zero-order valence-corrected chi connectivity index (χ0v) is 12.8. The Hall–Kier alpha value is -1.75. The van der Waals surface area contributed by atoms with Gasteiger partial charge in [-0.3, -0.25) is 9.69 Å². The molecule has 116 valence electrons. The van der Waals surface area contributed by atoms with Crippen LogP contribution in [0.5, 0.6) is 11.5 Å². The lowest BCUT2D eigenvalue weighted by molar-refractivity contribution is -0.143. The van der Waals surface area contributed by atoms with Crippen LogP contribution < -0.4 is 9.47 Å². The van der Waals surface area contributed by atoms with Gasteiger partial charge in [0.1, 0.15) is 19.3 Å². The lowest BCUT2D eigenvalue weighted by Gasteiger charge is -2.26. The summed E-state index contributed by atoms with van der Waals surface area (Å²) in [5.74, 6) is 1.06. The largest absolute Gasteiger partial charge is 0.486 e. The number of fused-ring (bicyclic) bond motifs is 1. The summed E-state index contributed by atoms with van der Waals surface area (Å²) in [4.78, 5) is 13.3. The first-order valence-corrected chi connectivity index (χ1v) is 7.29. The number of benzene rings is 1. The van der Waals surface area contributed by atoms with E-state index in [1.54, 1.807) is 0 Å². The fourth-order valence-corrected chi connectivity index (χ4v) is 2.50. The SMILES string of the molecule is CC(C)CC(C(=O)O)N(C)Cc1ccc2c(c1)OCCO2. The van der Waals surface area contributed by atoms with E-state index in [0.717, 1.165) is 17.1 Å². The summed E-state index contributed by atoms with van der Waals surface area (Å²) in [6.07, 6.45) is 0.635. The van der Waals surface area contributed by atoms with Crippen molar-refractivity contribution in [2.75, 3.05) is 20.3 Å². The first-order valence-electron chi connectivity index (χ1n) is 7.29. The Kier molecular flexibility index (Phi) is 5.07. The second-order valence-electron chi connectivity index (χ2n) is 5.88. The molecule has 1 aliphatic rings. The highest BCUT2D eigenvalue weighted by Crippen LogP contribution is 2.31. The van der Waals surface area contributed by atoms with Gasteiger partial charge in [-0.15, -0.1) is 0 Å². The molecular weight excluding hydrogens is 270 g/mol. The zero-order chi connectivity index (χ0) is 15.4. The quantitative estimate of drug-likeness (QED) is 0.872. The fourth-order valence-electron chi connectivity index (χ4n) is 2.50. The van der Waals surface area contributed by atoms with Gasteiger partial charge >= 0.3 is 5.97 Å². The molecule has 0 radical (unpaired) electrons.